The second-order valence-corrected chi connectivity index (χ2v) is 9.18. The fourth-order valence-corrected chi connectivity index (χ4v) is 4.90. The van der Waals surface area contributed by atoms with Crippen molar-refractivity contribution in [3.63, 3.8) is 0 Å². The van der Waals surface area contributed by atoms with Gasteiger partial charge in [-0.05, 0) is 48.9 Å². The van der Waals surface area contributed by atoms with Gasteiger partial charge in [0.1, 0.15) is 11.8 Å². The van der Waals surface area contributed by atoms with Crippen molar-refractivity contribution in [3.8, 4) is 5.75 Å². The predicted molar refractivity (Wildman–Crippen MR) is 129 cm³/mol. The molecule has 2 aromatic carbocycles. The van der Waals surface area contributed by atoms with E-state index in [-0.39, 0.29) is 17.9 Å². The quantitative estimate of drug-likeness (QED) is 0.699. The van der Waals surface area contributed by atoms with Crippen LogP contribution in [0.4, 0.5) is 0 Å². The smallest absolute Gasteiger partial charge is 0.243 e. The van der Waals surface area contributed by atoms with Crippen molar-refractivity contribution in [1.82, 2.24) is 15.1 Å². The van der Waals surface area contributed by atoms with E-state index in [0.29, 0.717) is 19.4 Å². The van der Waals surface area contributed by atoms with E-state index in [2.05, 4.69) is 34.5 Å². The molecule has 33 heavy (non-hydrogen) atoms. The van der Waals surface area contributed by atoms with Crippen molar-refractivity contribution in [3.05, 3.63) is 65.7 Å². The van der Waals surface area contributed by atoms with Gasteiger partial charge in [-0.1, -0.05) is 48.9 Å². The van der Waals surface area contributed by atoms with Crippen molar-refractivity contribution in [2.24, 2.45) is 0 Å². The summed E-state index contributed by atoms with van der Waals surface area (Å²) in [7, 11) is 1.64. The molecule has 2 aliphatic rings. The lowest BCUT2D eigenvalue weighted by atomic mass is 10.0. The Morgan fingerprint density at radius 3 is 2.48 bits per heavy atom. The monoisotopic (exact) mass is 449 g/mol. The van der Waals surface area contributed by atoms with Crippen molar-refractivity contribution < 1.29 is 14.3 Å². The van der Waals surface area contributed by atoms with Gasteiger partial charge in [-0.3, -0.25) is 14.5 Å². The van der Waals surface area contributed by atoms with Crippen LogP contribution in [0, 0.1) is 0 Å². The van der Waals surface area contributed by atoms with E-state index in [1.54, 1.807) is 12.0 Å². The zero-order chi connectivity index (χ0) is 23.0. The molecule has 2 heterocycles. The first-order chi connectivity index (χ1) is 16.1. The second-order valence-electron chi connectivity index (χ2n) is 9.18. The van der Waals surface area contributed by atoms with Gasteiger partial charge in [0.2, 0.25) is 11.8 Å². The molecule has 0 bridgehead atoms. The average molecular weight is 450 g/mol. The van der Waals surface area contributed by atoms with Crippen molar-refractivity contribution in [2.75, 3.05) is 20.2 Å². The second kappa shape index (κ2) is 11.3. The van der Waals surface area contributed by atoms with Crippen LogP contribution in [0.3, 0.4) is 0 Å². The fraction of sp³-hybridized carbons (Fsp3) is 0.481. The highest BCUT2D eigenvalue weighted by atomic mass is 16.5. The molecule has 6 nitrogen and oxygen atoms in total. The number of nitrogens with one attached hydrogen (secondary N) is 1. The van der Waals surface area contributed by atoms with Gasteiger partial charge in [0.25, 0.3) is 0 Å². The summed E-state index contributed by atoms with van der Waals surface area (Å²) in [6.07, 6.45) is 4.84. The Balaban J connectivity index is 1.35. The summed E-state index contributed by atoms with van der Waals surface area (Å²) < 4.78 is 5.33. The van der Waals surface area contributed by atoms with Gasteiger partial charge in [-0.2, -0.15) is 0 Å². The summed E-state index contributed by atoms with van der Waals surface area (Å²) in [5.41, 5.74) is 2.31. The summed E-state index contributed by atoms with van der Waals surface area (Å²) in [5.74, 6) is 0.820. The van der Waals surface area contributed by atoms with Crippen LogP contribution in [-0.4, -0.2) is 53.9 Å². The van der Waals surface area contributed by atoms with Crippen LogP contribution in [0.1, 0.15) is 49.7 Å². The molecule has 2 aromatic rings. The Kier molecular flexibility index (Phi) is 8.00. The molecule has 0 spiro atoms. The van der Waals surface area contributed by atoms with Gasteiger partial charge in [0.05, 0.1) is 7.11 Å². The number of carbonyl (C=O) groups excluding carboxylic acids is 2. The zero-order valence-electron chi connectivity index (χ0n) is 19.5. The summed E-state index contributed by atoms with van der Waals surface area (Å²) in [5, 5.41) is 3.28. The Bertz CT molecular complexity index is 925. The average Bonchev–Trinajstić information content (AvgIpc) is 3.02. The van der Waals surface area contributed by atoms with Crippen molar-refractivity contribution >= 4 is 11.8 Å². The normalized spacial score (nSPS) is 20.3. The van der Waals surface area contributed by atoms with E-state index >= 15 is 0 Å². The van der Waals surface area contributed by atoms with Crippen LogP contribution in [0.2, 0.25) is 0 Å². The number of ether oxygens (including phenoxy) is 1. The summed E-state index contributed by atoms with van der Waals surface area (Å²) in [6, 6.07) is 18.0. The molecule has 176 valence electrons. The minimum atomic E-state index is -0.409. The number of amides is 2. The summed E-state index contributed by atoms with van der Waals surface area (Å²) in [6.45, 7) is 3.32. The Morgan fingerprint density at radius 1 is 0.970 bits per heavy atom. The van der Waals surface area contributed by atoms with Gasteiger partial charge in [-0.25, -0.2) is 0 Å². The molecule has 1 atom stereocenters. The maximum absolute atomic E-state index is 13.3. The highest BCUT2D eigenvalue weighted by Gasteiger charge is 2.33. The first kappa shape index (κ1) is 23.3. The number of rotatable bonds is 7. The molecular formula is C27H35N3O3. The molecule has 2 fully saturated rings. The standard InChI is InChI=1S/C27H35N3O3/c1-33-24-11-7-10-22(18-24)20-30-25(12-5-6-13-26(30)31)27(32)28-23-14-16-29(17-15-23)19-21-8-3-2-4-9-21/h2-4,7-11,18,23,25H,5-6,12-17,19-20H2,1H3,(H,28,32). The number of likely N-dealkylation sites (tertiary alicyclic amines) is 2. The van der Waals surface area contributed by atoms with Crippen LogP contribution in [0.5, 0.6) is 5.75 Å². The number of hydrogen-bond acceptors (Lipinski definition) is 4. The van der Waals surface area contributed by atoms with Crippen LogP contribution < -0.4 is 10.1 Å². The summed E-state index contributed by atoms with van der Waals surface area (Å²) >= 11 is 0. The van der Waals surface area contributed by atoms with Gasteiger partial charge >= 0.3 is 0 Å². The SMILES string of the molecule is COc1cccc(CN2C(=O)CCCCC2C(=O)NC2CCN(Cc3ccccc3)CC2)c1. The van der Waals surface area contributed by atoms with Gasteiger partial charge in [0.15, 0.2) is 0 Å². The van der Waals surface area contributed by atoms with Crippen LogP contribution in [0.25, 0.3) is 0 Å². The van der Waals surface area contributed by atoms with Crippen molar-refractivity contribution in [2.45, 2.75) is 63.7 Å². The van der Waals surface area contributed by atoms with Crippen LogP contribution >= 0.6 is 0 Å². The predicted octanol–water partition coefficient (Wildman–Crippen LogP) is 3.75. The maximum Gasteiger partial charge on any atom is 0.243 e. The van der Waals surface area contributed by atoms with Gasteiger partial charge in [0, 0.05) is 38.6 Å². The van der Waals surface area contributed by atoms with E-state index in [1.165, 1.54) is 5.56 Å². The third-order valence-corrected chi connectivity index (χ3v) is 6.79. The molecule has 0 saturated carbocycles. The highest BCUT2D eigenvalue weighted by Crippen LogP contribution is 2.23. The van der Waals surface area contributed by atoms with E-state index in [4.69, 9.17) is 4.74 Å². The molecule has 2 saturated heterocycles. The molecule has 0 radical (unpaired) electrons. The fourth-order valence-electron chi connectivity index (χ4n) is 4.90. The topological polar surface area (TPSA) is 61.9 Å². The van der Waals surface area contributed by atoms with E-state index < -0.39 is 6.04 Å². The molecule has 6 heteroatoms. The molecule has 2 amide bonds. The first-order valence-electron chi connectivity index (χ1n) is 12.1. The molecule has 1 unspecified atom stereocenters. The highest BCUT2D eigenvalue weighted by molar-refractivity contribution is 5.88. The van der Waals surface area contributed by atoms with E-state index in [9.17, 15) is 9.59 Å². The number of methoxy groups -OCH3 is 1. The minimum absolute atomic E-state index is 0.00495. The molecule has 2 aliphatic heterocycles. The Labute approximate surface area is 196 Å². The Hall–Kier alpha value is -2.86. The number of nitrogens with zero attached hydrogens (tertiary/aromatic N) is 2. The molecular weight excluding hydrogens is 414 g/mol. The zero-order valence-corrected chi connectivity index (χ0v) is 19.5. The summed E-state index contributed by atoms with van der Waals surface area (Å²) in [4.78, 5) is 30.4. The van der Waals surface area contributed by atoms with E-state index in [1.807, 2.05) is 30.3 Å². The number of piperidine rings is 1. The largest absolute Gasteiger partial charge is 0.497 e. The van der Waals surface area contributed by atoms with Gasteiger partial charge < -0.3 is 15.0 Å². The van der Waals surface area contributed by atoms with Crippen LogP contribution in [-0.2, 0) is 22.7 Å². The Morgan fingerprint density at radius 2 is 1.73 bits per heavy atom. The van der Waals surface area contributed by atoms with E-state index in [0.717, 1.165) is 56.6 Å². The van der Waals surface area contributed by atoms with Gasteiger partial charge in [-0.15, -0.1) is 0 Å². The number of benzene rings is 2. The lowest BCUT2D eigenvalue weighted by Gasteiger charge is -2.35. The number of carbonyl (C=O) groups is 2. The number of hydrogen-bond donors (Lipinski definition) is 1. The lowest BCUT2D eigenvalue weighted by molar-refractivity contribution is -0.141. The minimum Gasteiger partial charge on any atom is -0.497 e. The molecule has 4 rings (SSSR count). The van der Waals surface area contributed by atoms with Crippen LogP contribution in [0.15, 0.2) is 54.6 Å². The molecule has 0 aromatic heterocycles. The molecule has 1 N–H and O–H groups in total. The lowest BCUT2D eigenvalue weighted by Crippen LogP contribution is -2.52. The molecule has 0 aliphatic carbocycles. The third kappa shape index (κ3) is 6.35. The van der Waals surface area contributed by atoms with Crippen molar-refractivity contribution in [1.29, 1.82) is 0 Å². The third-order valence-electron chi connectivity index (χ3n) is 6.79. The maximum atomic E-state index is 13.3. The first-order valence-corrected chi connectivity index (χ1v) is 12.1.